The molecule has 118 valence electrons. The van der Waals surface area contributed by atoms with E-state index in [4.69, 9.17) is 16.3 Å². The highest BCUT2D eigenvalue weighted by atomic mass is 35.5. The third kappa shape index (κ3) is 3.48. The van der Waals surface area contributed by atoms with Gasteiger partial charge in [0.05, 0.1) is 17.3 Å². The van der Waals surface area contributed by atoms with Crippen LogP contribution in [0.1, 0.15) is 12.5 Å². The van der Waals surface area contributed by atoms with Crippen molar-refractivity contribution in [1.29, 1.82) is 0 Å². The molecule has 0 aliphatic rings. The number of anilines is 1. The average molecular weight is 329 g/mol. The Labute approximate surface area is 139 Å². The Balaban J connectivity index is 1.89. The highest BCUT2D eigenvalue weighted by molar-refractivity contribution is 6.33. The lowest BCUT2D eigenvalue weighted by Gasteiger charge is -2.09. The van der Waals surface area contributed by atoms with Crippen molar-refractivity contribution in [2.45, 2.75) is 13.5 Å². The smallest absolute Gasteiger partial charge is 0.253 e. The van der Waals surface area contributed by atoms with Gasteiger partial charge in [-0.3, -0.25) is 4.79 Å². The van der Waals surface area contributed by atoms with Crippen molar-refractivity contribution in [3.8, 4) is 5.75 Å². The minimum Gasteiger partial charge on any atom is -0.494 e. The number of nitrogens with one attached hydrogen (secondary N) is 2. The number of halogens is 1. The van der Waals surface area contributed by atoms with Gasteiger partial charge >= 0.3 is 0 Å². The number of para-hydroxylation sites is 1. The van der Waals surface area contributed by atoms with Crippen LogP contribution in [0.25, 0.3) is 10.9 Å². The number of rotatable bonds is 5. The number of benzene rings is 2. The number of hydrogen-bond acceptors (Lipinski definition) is 3. The highest BCUT2D eigenvalue weighted by Gasteiger charge is 2.05. The van der Waals surface area contributed by atoms with Crippen LogP contribution in [0.2, 0.25) is 5.02 Å². The van der Waals surface area contributed by atoms with E-state index >= 15 is 0 Å². The molecule has 0 atom stereocenters. The number of hydrogen-bond donors (Lipinski definition) is 2. The maximum atomic E-state index is 12.2. The van der Waals surface area contributed by atoms with Gasteiger partial charge in [-0.25, -0.2) is 0 Å². The molecule has 0 bridgehead atoms. The highest BCUT2D eigenvalue weighted by Crippen LogP contribution is 2.22. The van der Waals surface area contributed by atoms with Gasteiger partial charge in [0, 0.05) is 23.0 Å². The van der Waals surface area contributed by atoms with Crippen LogP contribution in [0.3, 0.4) is 0 Å². The maximum absolute atomic E-state index is 12.2. The maximum Gasteiger partial charge on any atom is 0.253 e. The zero-order chi connectivity index (χ0) is 16.2. The summed E-state index contributed by atoms with van der Waals surface area (Å²) in [5.74, 6) is 0.789. The zero-order valence-electron chi connectivity index (χ0n) is 12.7. The molecule has 1 heterocycles. The Morgan fingerprint density at radius 3 is 2.78 bits per heavy atom. The summed E-state index contributed by atoms with van der Waals surface area (Å²) in [5.41, 5.74) is 2.13. The van der Waals surface area contributed by atoms with E-state index < -0.39 is 0 Å². The molecule has 0 spiro atoms. The number of fused-ring (bicyclic) bond motifs is 1. The summed E-state index contributed by atoms with van der Waals surface area (Å²) in [6, 6.07) is 15.0. The first-order valence-corrected chi connectivity index (χ1v) is 7.82. The molecule has 1 aromatic heterocycles. The minimum atomic E-state index is -0.110. The van der Waals surface area contributed by atoms with Crippen LogP contribution >= 0.6 is 11.6 Å². The van der Waals surface area contributed by atoms with Gasteiger partial charge in [-0.1, -0.05) is 23.7 Å². The molecule has 3 aromatic rings. The summed E-state index contributed by atoms with van der Waals surface area (Å²) in [7, 11) is 0. The lowest BCUT2D eigenvalue weighted by molar-refractivity contribution is 0.340. The first kappa shape index (κ1) is 15.4. The molecule has 0 aliphatic heterocycles. The van der Waals surface area contributed by atoms with Gasteiger partial charge in [0.15, 0.2) is 0 Å². The van der Waals surface area contributed by atoms with E-state index in [0.29, 0.717) is 23.7 Å². The van der Waals surface area contributed by atoms with Gasteiger partial charge in [0.25, 0.3) is 5.56 Å². The van der Waals surface area contributed by atoms with Crippen molar-refractivity contribution in [2.75, 3.05) is 11.9 Å². The Morgan fingerprint density at radius 1 is 1.17 bits per heavy atom. The van der Waals surface area contributed by atoms with E-state index in [1.54, 1.807) is 0 Å². The number of pyridine rings is 1. The van der Waals surface area contributed by atoms with Crippen LogP contribution < -0.4 is 15.6 Å². The number of H-pyrrole nitrogens is 1. The predicted octanol–water partition coefficient (Wildman–Crippen LogP) is 4.19. The molecule has 0 saturated heterocycles. The van der Waals surface area contributed by atoms with Gasteiger partial charge < -0.3 is 15.0 Å². The second-order valence-electron chi connectivity index (χ2n) is 5.14. The largest absolute Gasteiger partial charge is 0.494 e. The Morgan fingerprint density at radius 2 is 2.00 bits per heavy atom. The van der Waals surface area contributed by atoms with Gasteiger partial charge in [-0.15, -0.1) is 0 Å². The van der Waals surface area contributed by atoms with Crippen LogP contribution in [0.4, 0.5) is 5.69 Å². The molecule has 2 N–H and O–H groups in total. The van der Waals surface area contributed by atoms with Gasteiger partial charge in [0.1, 0.15) is 5.75 Å². The second-order valence-corrected chi connectivity index (χ2v) is 5.55. The molecule has 4 nitrogen and oxygen atoms in total. The second kappa shape index (κ2) is 6.75. The van der Waals surface area contributed by atoms with Crippen molar-refractivity contribution < 1.29 is 4.74 Å². The Bertz CT molecular complexity index is 890. The van der Waals surface area contributed by atoms with Crippen LogP contribution in [0.5, 0.6) is 5.75 Å². The Hall–Kier alpha value is -2.46. The summed E-state index contributed by atoms with van der Waals surface area (Å²) >= 11 is 6.12. The molecule has 0 amide bonds. The SMILES string of the molecule is CCOc1ccc2[nH]c(=O)c(CNc3ccccc3Cl)cc2c1. The van der Waals surface area contributed by atoms with Crippen molar-refractivity contribution in [3.05, 3.63) is 69.5 Å². The fraction of sp³-hybridized carbons (Fsp3) is 0.167. The normalized spacial score (nSPS) is 10.7. The third-order valence-electron chi connectivity index (χ3n) is 3.55. The van der Waals surface area contributed by atoms with Crippen molar-refractivity contribution in [2.24, 2.45) is 0 Å². The molecule has 3 rings (SSSR count). The molecule has 0 saturated carbocycles. The average Bonchev–Trinajstić information content (AvgIpc) is 2.55. The van der Waals surface area contributed by atoms with E-state index in [0.717, 1.165) is 22.3 Å². The fourth-order valence-corrected chi connectivity index (χ4v) is 2.62. The first-order chi connectivity index (χ1) is 11.2. The summed E-state index contributed by atoms with van der Waals surface area (Å²) in [6.07, 6.45) is 0. The van der Waals surface area contributed by atoms with Crippen LogP contribution in [0.15, 0.2) is 53.3 Å². The minimum absolute atomic E-state index is 0.110. The van der Waals surface area contributed by atoms with Crippen molar-refractivity contribution in [1.82, 2.24) is 4.98 Å². The first-order valence-electron chi connectivity index (χ1n) is 7.44. The third-order valence-corrected chi connectivity index (χ3v) is 3.88. The molecular weight excluding hydrogens is 312 g/mol. The summed E-state index contributed by atoms with van der Waals surface area (Å²) in [4.78, 5) is 15.1. The van der Waals surface area contributed by atoms with Gasteiger partial charge in [-0.2, -0.15) is 0 Å². The number of aromatic nitrogens is 1. The molecule has 0 fully saturated rings. The van der Waals surface area contributed by atoms with E-state index in [-0.39, 0.29) is 5.56 Å². The molecule has 5 heteroatoms. The topological polar surface area (TPSA) is 54.1 Å². The molecule has 0 aliphatic carbocycles. The monoisotopic (exact) mass is 328 g/mol. The zero-order valence-corrected chi connectivity index (χ0v) is 13.5. The van der Waals surface area contributed by atoms with Crippen LogP contribution in [-0.4, -0.2) is 11.6 Å². The Kier molecular flexibility index (Phi) is 4.53. The van der Waals surface area contributed by atoms with E-state index in [2.05, 4.69) is 10.3 Å². The lowest BCUT2D eigenvalue weighted by Crippen LogP contribution is -2.15. The quantitative estimate of drug-likeness (QED) is 0.738. The summed E-state index contributed by atoms with van der Waals surface area (Å²) in [6.45, 7) is 2.94. The summed E-state index contributed by atoms with van der Waals surface area (Å²) < 4.78 is 5.50. The molecule has 23 heavy (non-hydrogen) atoms. The molecule has 0 radical (unpaired) electrons. The molecule has 0 unspecified atom stereocenters. The lowest BCUT2D eigenvalue weighted by atomic mass is 10.1. The van der Waals surface area contributed by atoms with E-state index in [1.165, 1.54) is 0 Å². The predicted molar refractivity (Wildman–Crippen MR) is 94.5 cm³/mol. The van der Waals surface area contributed by atoms with Gasteiger partial charge in [-0.05, 0) is 43.3 Å². The standard InChI is InChI=1S/C18H17ClN2O2/c1-2-23-14-7-8-16-12(10-14)9-13(18(22)21-16)11-20-17-6-4-3-5-15(17)19/h3-10,20H,2,11H2,1H3,(H,21,22). The summed E-state index contributed by atoms with van der Waals surface area (Å²) in [5, 5.41) is 4.76. The fourth-order valence-electron chi connectivity index (χ4n) is 2.41. The van der Waals surface area contributed by atoms with Crippen LogP contribution in [-0.2, 0) is 6.54 Å². The van der Waals surface area contributed by atoms with E-state index in [1.807, 2.05) is 55.5 Å². The van der Waals surface area contributed by atoms with Crippen LogP contribution in [0, 0.1) is 0 Å². The van der Waals surface area contributed by atoms with Crippen molar-refractivity contribution in [3.63, 3.8) is 0 Å². The molecule has 2 aromatic carbocycles. The number of aromatic amines is 1. The van der Waals surface area contributed by atoms with E-state index in [9.17, 15) is 4.79 Å². The van der Waals surface area contributed by atoms with Gasteiger partial charge in [0.2, 0.25) is 0 Å². The van der Waals surface area contributed by atoms with Crippen molar-refractivity contribution >= 4 is 28.2 Å². The number of ether oxygens (including phenoxy) is 1. The molecular formula is C18H17ClN2O2.